The summed E-state index contributed by atoms with van der Waals surface area (Å²) >= 11 is 7.37. The highest BCUT2D eigenvalue weighted by molar-refractivity contribution is 7.99. The molecule has 0 aliphatic heterocycles. The Hall–Kier alpha value is -2.77. The molecule has 0 aliphatic rings. The van der Waals surface area contributed by atoms with Crippen molar-refractivity contribution in [2.45, 2.75) is 45.3 Å². The van der Waals surface area contributed by atoms with Gasteiger partial charge in [0.2, 0.25) is 5.91 Å². The lowest BCUT2D eigenvalue weighted by Crippen LogP contribution is -2.16. The third-order valence-electron chi connectivity index (χ3n) is 5.12. The monoisotopic (exact) mass is 484 g/mol. The fraction of sp³-hybridized carbons (Fsp3) is 0.320. The van der Waals surface area contributed by atoms with Crippen molar-refractivity contribution in [3.05, 3.63) is 76.6 Å². The second-order valence-corrected chi connectivity index (χ2v) is 9.14. The number of nitrogens with zero attached hydrogens (tertiary/aromatic N) is 3. The van der Waals surface area contributed by atoms with Crippen molar-refractivity contribution in [3.8, 4) is 5.75 Å². The summed E-state index contributed by atoms with van der Waals surface area (Å²) in [6.07, 6.45) is 3.30. The highest BCUT2D eigenvalue weighted by Gasteiger charge is 2.14. The van der Waals surface area contributed by atoms with Gasteiger partial charge in [0, 0.05) is 23.7 Å². The van der Waals surface area contributed by atoms with Crippen LogP contribution < -0.4 is 10.1 Å². The number of amides is 1. The molecule has 0 saturated carbocycles. The SMILES string of the molecule is C=CCn1c(CCCOc2ccc(Cl)cc2C)nnc1SCC(=O)Nc1c(C)cccc1C. The molecule has 174 valence electrons. The molecule has 3 rings (SSSR count). The number of para-hydroxylation sites is 1. The lowest BCUT2D eigenvalue weighted by molar-refractivity contribution is -0.113. The van der Waals surface area contributed by atoms with E-state index in [1.54, 1.807) is 6.08 Å². The number of carbonyl (C=O) groups is 1. The van der Waals surface area contributed by atoms with E-state index in [2.05, 4.69) is 22.1 Å². The van der Waals surface area contributed by atoms with E-state index >= 15 is 0 Å². The Morgan fingerprint density at radius 1 is 1.18 bits per heavy atom. The molecule has 0 unspecified atom stereocenters. The van der Waals surface area contributed by atoms with Gasteiger partial charge in [-0.25, -0.2) is 0 Å². The Morgan fingerprint density at radius 3 is 2.64 bits per heavy atom. The third-order valence-corrected chi connectivity index (χ3v) is 6.32. The Morgan fingerprint density at radius 2 is 1.94 bits per heavy atom. The highest BCUT2D eigenvalue weighted by Crippen LogP contribution is 2.23. The number of benzene rings is 2. The van der Waals surface area contributed by atoms with Crippen LogP contribution in [0.15, 0.2) is 54.2 Å². The van der Waals surface area contributed by atoms with Gasteiger partial charge in [0.15, 0.2) is 5.16 Å². The highest BCUT2D eigenvalue weighted by atomic mass is 35.5. The van der Waals surface area contributed by atoms with Gasteiger partial charge in [0.25, 0.3) is 0 Å². The Bertz CT molecular complexity index is 1110. The number of carbonyl (C=O) groups excluding carboxylic acids is 1. The first-order valence-electron chi connectivity index (χ1n) is 10.8. The normalized spacial score (nSPS) is 10.8. The van der Waals surface area contributed by atoms with E-state index < -0.39 is 0 Å². The number of anilines is 1. The van der Waals surface area contributed by atoms with E-state index in [4.69, 9.17) is 16.3 Å². The number of hydrogen-bond donors (Lipinski definition) is 1. The molecule has 6 nitrogen and oxygen atoms in total. The first-order chi connectivity index (χ1) is 15.9. The van der Waals surface area contributed by atoms with Crippen LogP contribution in [0.25, 0.3) is 0 Å². The van der Waals surface area contributed by atoms with Gasteiger partial charge in [-0.1, -0.05) is 47.6 Å². The molecule has 1 aromatic heterocycles. The van der Waals surface area contributed by atoms with Gasteiger partial charge >= 0.3 is 0 Å². The summed E-state index contributed by atoms with van der Waals surface area (Å²) in [5.74, 6) is 1.86. The standard InChI is InChI=1S/C25H29ClN4O2S/c1-5-13-30-22(10-7-14-32-21-12-11-20(26)15-19(21)4)28-29-25(30)33-16-23(31)27-24-17(2)8-6-9-18(24)3/h5-6,8-9,11-12,15H,1,7,10,13-14,16H2,2-4H3,(H,27,31). The fourth-order valence-electron chi connectivity index (χ4n) is 3.43. The summed E-state index contributed by atoms with van der Waals surface area (Å²) in [5, 5.41) is 13.1. The van der Waals surface area contributed by atoms with Crippen LogP contribution in [0.1, 0.15) is 28.9 Å². The van der Waals surface area contributed by atoms with Crippen molar-refractivity contribution in [2.24, 2.45) is 0 Å². The average molecular weight is 485 g/mol. The van der Waals surface area contributed by atoms with Crippen molar-refractivity contribution >= 4 is 35.0 Å². The summed E-state index contributed by atoms with van der Waals surface area (Å²) in [5.41, 5.74) is 3.96. The molecule has 0 aliphatic carbocycles. The van der Waals surface area contributed by atoms with Crippen LogP contribution in [0.5, 0.6) is 5.75 Å². The Balaban J connectivity index is 1.55. The minimum Gasteiger partial charge on any atom is -0.493 e. The molecule has 33 heavy (non-hydrogen) atoms. The first-order valence-corrected chi connectivity index (χ1v) is 12.2. The minimum absolute atomic E-state index is 0.0705. The smallest absolute Gasteiger partial charge is 0.234 e. The van der Waals surface area contributed by atoms with Crippen molar-refractivity contribution in [3.63, 3.8) is 0 Å². The maximum Gasteiger partial charge on any atom is 0.234 e. The fourth-order valence-corrected chi connectivity index (χ4v) is 4.42. The molecule has 0 saturated heterocycles. The Kier molecular flexibility index (Phi) is 8.97. The summed E-state index contributed by atoms with van der Waals surface area (Å²) in [4.78, 5) is 12.5. The molecule has 1 amide bonds. The minimum atomic E-state index is -0.0705. The third kappa shape index (κ3) is 6.85. The number of hydrogen-bond acceptors (Lipinski definition) is 5. The van der Waals surface area contributed by atoms with Crippen molar-refractivity contribution in [1.82, 2.24) is 14.8 Å². The number of aromatic nitrogens is 3. The van der Waals surface area contributed by atoms with E-state index in [1.165, 1.54) is 11.8 Å². The van der Waals surface area contributed by atoms with Crippen LogP contribution in [0, 0.1) is 20.8 Å². The molecule has 1 heterocycles. The van der Waals surface area contributed by atoms with Crippen molar-refractivity contribution < 1.29 is 9.53 Å². The maximum absolute atomic E-state index is 12.5. The Labute approximate surface area is 204 Å². The van der Waals surface area contributed by atoms with E-state index in [1.807, 2.05) is 61.7 Å². The zero-order chi connectivity index (χ0) is 23.8. The lowest BCUT2D eigenvalue weighted by Gasteiger charge is -2.12. The summed E-state index contributed by atoms with van der Waals surface area (Å²) in [7, 11) is 0. The molecule has 2 aromatic carbocycles. The van der Waals surface area contributed by atoms with E-state index in [-0.39, 0.29) is 11.7 Å². The summed E-state index contributed by atoms with van der Waals surface area (Å²) in [6.45, 7) is 10.9. The number of thioether (sulfide) groups is 1. The summed E-state index contributed by atoms with van der Waals surface area (Å²) < 4.78 is 7.88. The van der Waals surface area contributed by atoms with Gasteiger partial charge in [-0.2, -0.15) is 0 Å². The molecule has 0 bridgehead atoms. The molecule has 3 aromatic rings. The van der Waals surface area contributed by atoms with E-state index in [0.29, 0.717) is 29.8 Å². The zero-order valence-electron chi connectivity index (χ0n) is 19.2. The van der Waals surface area contributed by atoms with Crippen LogP contribution >= 0.6 is 23.4 Å². The quantitative estimate of drug-likeness (QED) is 0.212. The number of allylic oxidation sites excluding steroid dienone is 1. The molecule has 0 spiro atoms. The molecular weight excluding hydrogens is 456 g/mol. The number of nitrogens with one attached hydrogen (secondary N) is 1. The summed E-state index contributed by atoms with van der Waals surface area (Å²) in [6, 6.07) is 11.6. The van der Waals surface area contributed by atoms with Crippen molar-refractivity contribution in [2.75, 3.05) is 17.7 Å². The molecule has 0 atom stereocenters. The van der Waals surface area contributed by atoms with Crippen molar-refractivity contribution in [1.29, 1.82) is 0 Å². The number of halogens is 1. The predicted octanol–water partition coefficient (Wildman–Crippen LogP) is 5.79. The van der Waals surface area contributed by atoms with Gasteiger partial charge in [-0.3, -0.25) is 4.79 Å². The van der Waals surface area contributed by atoms with Gasteiger partial charge in [-0.15, -0.1) is 16.8 Å². The van der Waals surface area contributed by atoms with Crippen LogP contribution in [0.3, 0.4) is 0 Å². The van der Waals surface area contributed by atoms with E-state index in [0.717, 1.165) is 40.4 Å². The first kappa shape index (κ1) is 24.9. The maximum atomic E-state index is 12.5. The van der Waals surface area contributed by atoms with Crippen LogP contribution in [0.4, 0.5) is 5.69 Å². The van der Waals surface area contributed by atoms with Crippen LogP contribution in [0.2, 0.25) is 5.02 Å². The second kappa shape index (κ2) is 11.9. The zero-order valence-corrected chi connectivity index (χ0v) is 20.8. The molecular formula is C25H29ClN4O2S. The molecule has 8 heteroatoms. The number of aryl methyl sites for hydroxylation is 4. The lowest BCUT2D eigenvalue weighted by atomic mass is 10.1. The van der Waals surface area contributed by atoms with Gasteiger partial charge in [0.05, 0.1) is 12.4 Å². The van der Waals surface area contributed by atoms with Gasteiger partial charge in [0.1, 0.15) is 11.6 Å². The van der Waals surface area contributed by atoms with Gasteiger partial charge in [-0.05, 0) is 62.1 Å². The predicted molar refractivity (Wildman–Crippen MR) is 135 cm³/mol. The molecule has 1 N–H and O–H groups in total. The second-order valence-electron chi connectivity index (χ2n) is 7.76. The van der Waals surface area contributed by atoms with Gasteiger partial charge < -0.3 is 14.6 Å². The average Bonchev–Trinajstić information content (AvgIpc) is 3.15. The van der Waals surface area contributed by atoms with Crippen LogP contribution in [-0.4, -0.2) is 33.0 Å². The number of ether oxygens (including phenoxy) is 1. The van der Waals surface area contributed by atoms with E-state index in [9.17, 15) is 4.79 Å². The largest absolute Gasteiger partial charge is 0.493 e. The molecule has 0 radical (unpaired) electrons. The molecule has 0 fully saturated rings. The topological polar surface area (TPSA) is 69.0 Å². The number of rotatable bonds is 11. The van der Waals surface area contributed by atoms with Crippen LogP contribution in [-0.2, 0) is 17.8 Å².